The fourth-order valence-electron chi connectivity index (χ4n) is 2.55. The molecule has 29 heavy (non-hydrogen) atoms. The van der Waals surface area contributed by atoms with Crippen LogP contribution in [0.3, 0.4) is 0 Å². The molecule has 1 aromatic heterocycles. The van der Waals surface area contributed by atoms with Crippen LogP contribution in [0.25, 0.3) is 0 Å². The Morgan fingerprint density at radius 3 is 2.62 bits per heavy atom. The second kappa shape index (κ2) is 8.71. The third-order valence-electron chi connectivity index (χ3n) is 4.31. The number of hydrogen-bond donors (Lipinski definition) is 0. The van der Waals surface area contributed by atoms with Crippen molar-refractivity contribution in [2.24, 2.45) is 4.99 Å². The Hall–Kier alpha value is -3.44. The lowest BCUT2D eigenvalue weighted by Crippen LogP contribution is -1.97. The number of ether oxygens (including phenoxy) is 1. The maximum absolute atomic E-state index is 10.7. The molecule has 0 N–H and O–H groups in total. The molecule has 1 heterocycles. The SMILES string of the molecule is Cc1oc(N=Cc2ccc(OCc3ccc([N+](=O)[O-])cc3)c(Br)c2)c(C#N)c1C. The molecule has 3 rings (SSSR count). The van der Waals surface area contributed by atoms with Gasteiger partial charge in [0, 0.05) is 23.9 Å². The number of furan rings is 1. The van der Waals surface area contributed by atoms with Crippen LogP contribution in [0.4, 0.5) is 11.6 Å². The quantitative estimate of drug-likeness (QED) is 0.267. The van der Waals surface area contributed by atoms with E-state index in [1.807, 2.05) is 19.1 Å². The average molecular weight is 454 g/mol. The molecule has 0 saturated carbocycles. The predicted octanol–water partition coefficient (Wildman–Crippen LogP) is 5.77. The number of benzene rings is 2. The van der Waals surface area contributed by atoms with E-state index in [0.717, 1.165) is 21.2 Å². The van der Waals surface area contributed by atoms with Gasteiger partial charge in [-0.2, -0.15) is 5.26 Å². The number of non-ortho nitro benzene ring substituents is 1. The molecule has 0 fully saturated rings. The van der Waals surface area contributed by atoms with Crippen LogP contribution >= 0.6 is 15.9 Å². The fourth-order valence-corrected chi connectivity index (χ4v) is 3.07. The zero-order valence-corrected chi connectivity index (χ0v) is 17.3. The maximum Gasteiger partial charge on any atom is 0.269 e. The van der Waals surface area contributed by atoms with E-state index in [1.54, 1.807) is 31.3 Å². The topological polar surface area (TPSA) is 102 Å². The van der Waals surface area contributed by atoms with E-state index in [4.69, 9.17) is 9.15 Å². The van der Waals surface area contributed by atoms with Crippen molar-refractivity contribution in [1.29, 1.82) is 5.26 Å². The van der Waals surface area contributed by atoms with Crippen molar-refractivity contribution in [3.8, 4) is 11.8 Å². The molecule has 0 aliphatic carbocycles. The summed E-state index contributed by atoms with van der Waals surface area (Å²) in [7, 11) is 0. The molecule has 0 amide bonds. The smallest absolute Gasteiger partial charge is 0.269 e. The van der Waals surface area contributed by atoms with Crippen molar-refractivity contribution < 1.29 is 14.1 Å². The lowest BCUT2D eigenvalue weighted by atomic mass is 10.2. The Balaban J connectivity index is 1.69. The number of nitro groups is 1. The molecule has 0 aliphatic rings. The molecule has 8 heteroatoms. The Kier molecular flexibility index (Phi) is 6.10. The van der Waals surface area contributed by atoms with Crippen LogP contribution in [0.15, 0.2) is 56.3 Å². The van der Waals surface area contributed by atoms with Gasteiger partial charge in [0.25, 0.3) is 5.69 Å². The zero-order chi connectivity index (χ0) is 21.0. The molecule has 2 aromatic carbocycles. The van der Waals surface area contributed by atoms with Gasteiger partial charge < -0.3 is 9.15 Å². The first kappa shape index (κ1) is 20.3. The third kappa shape index (κ3) is 4.70. The monoisotopic (exact) mass is 453 g/mol. The summed E-state index contributed by atoms with van der Waals surface area (Å²) in [6.07, 6.45) is 1.61. The van der Waals surface area contributed by atoms with Crippen molar-refractivity contribution in [3.63, 3.8) is 0 Å². The van der Waals surface area contributed by atoms with E-state index in [0.29, 0.717) is 17.1 Å². The minimum absolute atomic E-state index is 0.0417. The van der Waals surface area contributed by atoms with Gasteiger partial charge in [-0.1, -0.05) is 0 Å². The van der Waals surface area contributed by atoms with Gasteiger partial charge in [-0.25, -0.2) is 4.99 Å². The average Bonchev–Trinajstić information content (AvgIpc) is 2.99. The summed E-state index contributed by atoms with van der Waals surface area (Å²) in [5, 5.41) is 19.9. The van der Waals surface area contributed by atoms with Crippen LogP contribution in [0.5, 0.6) is 5.75 Å². The van der Waals surface area contributed by atoms with Crippen molar-refractivity contribution in [3.05, 3.63) is 85.1 Å². The number of nitriles is 1. The second-order valence-corrected chi connectivity index (χ2v) is 7.09. The number of nitrogens with zero attached hydrogens (tertiary/aromatic N) is 3. The number of aryl methyl sites for hydroxylation is 1. The highest BCUT2D eigenvalue weighted by Crippen LogP contribution is 2.29. The summed E-state index contributed by atoms with van der Waals surface area (Å²) >= 11 is 3.47. The van der Waals surface area contributed by atoms with Crippen LogP contribution in [0, 0.1) is 35.3 Å². The minimum Gasteiger partial charge on any atom is -0.488 e. The van der Waals surface area contributed by atoms with Crippen LogP contribution in [-0.2, 0) is 6.61 Å². The van der Waals surface area contributed by atoms with E-state index in [2.05, 4.69) is 27.0 Å². The standard InChI is InChI=1S/C21H16BrN3O4/c1-13-14(2)29-21(18(13)10-23)24-11-16-5-8-20(19(22)9-16)28-12-15-3-6-17(7-4-15)25(26)27/h3-9,11H,12H2,1-2H3. The summed E-state index contributed by atoms with van der Waals surface area (Å²) in [5.74, 6) is 1.59. The van der Waals surface area contributed by atoms with Crippen LogP contribution in [0.2, 0.25) is 0 Å². The Morgan fingerprint density at radius 2 is 2.00 bits per heavy atom. The molecule has 0 radical (unpaired) electrons. The molecule has 3 aromatic rings. The first-order valence-corrected chi connectivity index (χ1v) is 9.38. The molecule has 0 spiro atoms. The summed E-state index contributed by atoms with van der Waals surface area (Å²) in [5.41, 5.74) is 2.88. The van der Waals surface area contributed by atoms with Gasteiger partial charge >= 0.3 is 0 Å². The summed E-state index contributed by atoms with van der Waals surface area (Å²) < 4.78 is 12.0. The number of rotatable bonds is 6. The molecule has 7 nitrogen and oxygen atoms in total. The molecule has 146 valence electrons. The summed E-state index contributed by atoms with van der Waals surface area (Å²) in [6, 6.07) is 13.8. The third-order valence-corrected chi connectivity index (χ3v) is 4.93. The van der Waals surface area contributed by atoms with Crippen LogP contribution in [-0.4, -0.2) is 11.1 Å². The highest BCUT2D eigenvalue weighted by molar-refractivity contribution is 9.10. The lowest BCUT2D eigenvalue weighted by Gasteiger charge is -2.09. The van der Waals surface area contributed by atoms with Gasteiger partial charge in [-0.05, 0) is 71.2 Å². The Morgan fingerprint density at radius 1 is 1.28 bits per heavy atom. The molecule has 0 atom stereocenters. The van der Waals surface area contributed by atoms with E-state index in [9.17, 15) is 15.4 Å². The molecular weight excluding hydrogens is 438 g/mol. The molecule has 0 bridgehead atoms. The van der Waals surface area contributed by atoms with Gasteiger partial charge in [-0.15, -0.1) is 0 Å². The normalized spacial score (nSPS) is 10.8. The first-order valence-electron chi connectivity index (χ1n) is 8.59. The van der Waals surface area contributed by atoms with E-state index in [-0.39, 0.29) is 18.2 Å². The van der Waals surface area contributed by atoms with E-state index < -0.39 is 4.92 Å². The first-order chi connectivity index (χ1) is 13.9. The molecule has 0 saturated heterocycles. The number of hydrogen-bond acceptors (Lipinski definition) is 6. The summed E-state index contributed by atoms with van der Waals surface area (Å²) in [4.78, 5) is 14.5. The summed E-state index contributed by atoms with van der Waals surface area (Å²) in [6.45, 7) is 3.90. The van der Waals surface area contributed by atoms with E-state index in [1.165, 1.54) is 12.1 Å². The van der Waals surface area contributed by atoms with Crippen molar-refractivity contribution in [1.82, 2.24) is 0 Å². The largest absolute Gasteiger partial charge is 0.488 e. The minimum atomic E-state index is -0.438. The van der Waals surface area contributed by atoms with Crippen molar-refractivity contribution in [2.75, 3.05) is 0 Å². The van der Waals surface area contributed by atoms with E-state index >= 15 is 0 Å². The number of halogens is 1. The van der Waals surface area contributed by atoms with Crippen LogP contribution < -0.4 is 4.74 Å². The van der Waals surface area contributed by atoms with Crippen molar-refractivity contribution >= 4 is 33.7 Å². The predicted molar refractivity (Wildman–Crippen MR) is 112 cm³/mol. The maximum atomic E-state index is 10.7. The van der Waals surface area contributed by atoms with Gasteiger partial charge in [0.05, 0.1) is 9.40 Å². The fraction of sp³-hybridized carbons (Fsp3) is 0.143. The lowest BCUT2D eigenvalue weighted by molar-refractivity contribution is -0.384. The second-order valence-electron chi connectivity index (χ2n) is 6.24. The van der Waals surface area contributed by atoms with Gasteiger partial charge in [-0.3, -0.25) is 10.1 Å². The molecule has 0 unspecified atom stereocenters. The highest BCUT2D eigenvalue weighted by Gasteiger charge is 2.13. The molecular formula is C21H16BrN3O4. The highest BCUT2D eigenvalue weighted by atomic mass is 79.9. The Labute approximate surface area is 175 Å². The van der Waals surface area contributed by atoms with Gasteiger partial charge in [0.1, 0.15) is 29.7 Å². The van der Waals surface area contributed by atoms with Crippen molar-refractivity contribution in [2.45, 2.75) is 20.5 Å². The zero-order valence-electron chi connectivity index (χ0n) is 15.7. The molecule has 0 aliphatic heterocycles. The number of aliphatic imine (C=N–C) groups is 1. The number of nitro benzene ring substituents is 1. The van der Waals surface area contributed by atoms with Gasteiger partial charge in [0.2, 0.25) is 5.88 Å². The van der Waals surface area contributed by atoms with Gasteiger partial charge in [0.15, 0.2) is 0 Å². The van der Waals surface area contributed by atoms with Crippen LogP contribution in [0.1, 0.15) is 28.0 Å². The Bertz CT molecular complexity index is 1130.